The van der Waals surface area contributed by atoms with Gasteiger partial charge in [0.1, 0.15) is 5.75 Å². The first kappa shape index (κ1) is 19.8. The van der Waals surface area contributed by atoms with Crippen molar-refractivity contribution in [2.75, 3.05) is 10.6 Å². The topological polar surface area (TPSA) is 114 Å². The van der Waals surface area contributed by atoms with Crippen LogP contribution in [0.5, 0.6) is 5.75 Å². The molecular formula is C19H21N3O5S. The number of benzene rings is 2. The standard InChI is InChI=1S/C19H21N3O5S/c1-12(2)22-28(25,26)14-9-7-13(8-10-14)20-18(23)11-17-19(24)21-15-5-3-4-6-16(15)27-17/h3-10,12,17,22H,11H2,1-2H3,(H,20,23)(H,21,24)/t17-/m0/s1. The Morgan fingerprint density at radius 3 is 2.50 bits per heavy atom. The van der Waals surface area contributed by atoms with Gasteiger partial charge < -0.3 is 15.4 Å². The fourth-order valence-corrected chi connectivity index (χ4v) is 3.95. The Balaban J connectivity index is 1.62. The molecule has 1 aliphatic rings. The molecule has 0 unspecified atom stereocenters. The van der Waals surface area contributed by atoms with Crippen molar-refractivity contribution in [1.29, 1.82) is 0 Å². The van der Waals surface area contributed by atoms with Crippen LogP contribution in [0.15, 0.2) is 53.4 Å². The Morgan fingerprint density at radius 2 is 1.82 bits per heavy atom. The van der Waals surface area contributed by atoms with Crippen LogP contribution in [-0.2, 0) is 19.6 Å². The zero-order chi connectivity index (χ0) is 20.3. The molecule has 2 amide bonds. The van der Waals surface area contributed by atoms with E-state index in [2.05, 4.69) is 15.4 Å². The summed E-state index contributed by atoms with van der Waals surface area (Å²) in [6, 6.07) is 12.5. The van der Waals surface area contributed by atoms with E-state index in [1.54, 1.807) is 38.1 Å². The largest absolute Gasteiger partial charge is 0.478 e. The number of fused-ring (bicyclic) bond motifs is 1. The number of anilines is 2. The predicted octanol–water partition coefficient (Wildman–Crippen LogP) is 2.10. The van der Waals surface area contributed by atoms with E-state index in [9.17, 15) is 18.0 Å². The molecule has 0 saturated heterocycles. The number of ether oxygens (including phenoxy) is 1. The summed E-state index contributed by atoms with van der Waals surface area (Å²) in [7, 11) is -3.60. The number of amides is 2. The van der Waals surface area contributed by atoms with Crippen LogP contribution in [0.25, 0.3) is 0 Å². The molecule has 3 N–H and O–H groups in total. The maximum absolute atomic E-state index is 12.3. The van der Waals surface area contributed by atoms with Crippen molar-refractivity contribution in [3.8, 4) is 5.75 Å². The van der Waals surface area contributed by atoms with Gasteiger partial charge in [-0.3, -0.25) is 9.59 Å². The van der Waals surface area contributed by atoms with Gasteiger partial charge in [0.15, 0.2) is 6.10 Å². The highest BCUT2D eigenvalue weighted by Gasteiger charge is 2.29. The quantitative estimate of drug-likeness (QED) is 0.684. The highest BCUT2D eigenvalue weighted by Crippen LogP contribution is 2.29. The van der Waals surface area contributed by atoms with Crippen molar-refractivity contribution in [2.24, 2.45) is 0 Å². The molecule has 0 aromatic heterocycles. The summed E-state index contributed by atoms with van der Waals surface area (Å²) in [5.41, 5.74) is 0.987. The van der Waals surface area contributed by atoms with Gasteiger partial charge >= 0.3 is 0 Å². The summed E-state index contributed by atoms with van der Waals surface area (Å²) in [6.45, 7) is 3.46. The fraction of sp³-hybridized carbons (Fsp3) is 0.263. The lowest BCUT2D eigenvalue weighted by Crippen LogP contribution is -2.39. The van der Waals surface area contributed by atoms with Crippen LogP contribution >= 0.6 is 0 Å². The van der Waals surface area contributed by atoms with Crippen LogP contribution in [0.4, 0.5) is 11.4 Å². The zero-order valence-corrected chi connectivity index (χ0v) is 16.2. The highest BCUT2D eigenvalue weighted by molar-refractivity contribution is 7.89. The van der Waals surface area contributed by atoms with Gasteiger partial charge in [-0.1, -0.05) is 12.1 Å². The maximum atomic E-state index is 12.3. The summed E-state index contributed by atoms with van der Waals surface area (Å²) in [6.07, 6.45) is -1.11. The number of sulfonamides is 1. The average Bonchev–Trinajstić information content (AvgIpc) is 2.61. The molecule has 0 radical (unpaired) electrons. The fourth-order valence-electron chi connectivity index (χ4n) is 2.70. The summed E-state index contributed by atoms with van der Waals surface area (Å²) >= 11 is 0. The number of carbonyl (C=O) groups is 2. The van der Waals surface area contributed by atoms with E-state index in [4.69, 9.17) is 4.74 Å². The van der Waals surface area contributed by atoms with Crippen molar-refractivity contribution >= 4 is 33.2 Å². The molecule has 148 valence electrons. The molecule has 0 bridgehead atoms. The van der Waals surface area contributed by atoms with Gasteiger partial charge in [0, 0.05) is 11.7 Å². The van der Waals surface area contributed by atoms with E-state index < -0.39 is 27.9 Å². The SMILES string of the molecule is CC(C)NS(=O)(=O)c1ccc(NC(=O)C[C@@H]2Oc3ccccc3NC2=O)cc1. The maximum Gasteiger partial charge on any atom is 0.266 e. The van der Waals surface area contributed by atoms with Gasteiger partial charge in [-0.15, -0.1) is 0 Å². The molecule has 2 aromatic rings. The zero-order valence-electron chi connectivity index (χ0n) is 15.4. The monoisotopic (exact) mass is 403 g/mol. The smallest absolute Gasteiger partial charge is 0.266 e. The average molecular weight is 403 g/mol. The van der Waals surface area contributed by atoms with Crippen molar-refractivity contribution in [1.82, 2.24) is 4.72 Å². The molecule has 1 heterocycles. The van der Waals surface area contributed by atoms with Gasteiger partial charge in [0.05, 0.1) is 17.0 Å². The summed E-state index contributed by atoms with van der Waals surface area (Å²) < 4.78 is 32.3. The first-order valence-corrected chi connectivity index (χ1v) is 10.2. The van der Waals surface area contributed by atoms with Crippen molar-refractivity contribution in [3.05, 3.63) is 48.5 Å². The second-order valence-corrected chi connectivity index (χ2v) is 8.36. The Labute approximate surface area is 163 Å². The molecule has 0 saturated carbocycles. The summed E-state index contributed by atoms with van der Waals surface area (Å²) in [5, 5.41) is 5.34. The number of hydrogen-bond donors (Lipinski definition) is 3. The van der Waals surface area contributed by atoms with Crippen LogP contribution in [0, 0.1) is 0 Å². The minimum absolute atomic E-state index is 0.103. The lowest BCUT2D eigenvalue weighted by molar-refractivity contribution is -0.128. The number of rotatable bonds is 6. The lowest BCUT2D eigenvalue weighted by Gasteiger charge is -2.25. The Bertz CT molecular complexity index is 987. The molecule has 3 rings (SSSR count). The van der Waals surface area contributed by atoms with E-state index in [0.29, 0.717) is 17.1 Å². The van der Waals surface area contributed by atoms with Gasteiger partial charge in [0.25, 0.3) is 5.91 Å². The molecule has 1 aliphatic heterocycles. The summed E-state index contributed by atoms with van der Waals surface area (Å²) in [5.74, 6) is -0.308. The van der Waals surface area contributed by atoms with Gasteiger partial charge in [0.2, 0.25) is 15.9 Å². The molecule has 0 spiro atoms. The second kappa shape index (κ2) is 7.99. The lowest BCUT2D eigenvalue weighted by atomic mass is 10.1. The minimum Gasteiger partial charge on any atom is -0.478 e. The Morgan fingerprint density at radius 1 is 1.14 bits per heavy atom. The molecule has 9 heteroatoms. The van der Waals surface area contributed by atoms with Gasteiger partial charge in [-0.05, 0) is 50.2 Å². The van der Waals surface area contributed by atoms with Crippen LogP contribution in [0.2, 0.25) is 0 Å². The van der Waals surface area contributed by atoms with Crippen molar-refractivity contribution < 1.29 is 22.7 Å². The third-order valence-corrected chi connectivity index (χ3v) is 5.59. The molecule has 28 heavy (non-hydrogen) atoms. The van der Waals surface area contributed by atoms with E-state index >= 15 is 0 Å². The third-order valence-electron chi connectivity index (χ3n) is 3.92. The first-order valence-electron chi connectivity index (χ1n) is 8.73. The van der Waals surface area contributed by atoms with E-state index in [0.717, 1.165) is 0 Å². The third kappa shape index (κ3) is 4.68. The molecule has 0 aliphatic carbocycles. The minimum atomic E-state index is -3.60. The Hall–Kier alpha value is -2.91. The van der Waals surface area contributed by atoms with E-state index in [-0.39, 0.29) is 17.4 Å². The molecule has 2 aromatic carbocycles. The number of nitrogens with one attached hydrogen (secondary N) is 3. The number of para-hydroxylation sites is 2. The molecular weight excluding hydrogens is 382 g/mol. The molecule has 1 atom stereocenters. The van der Waals surface area contributed by atoms with Gasteiger partial charge in [-0.2, -0.15) is 0 Å². The van der Waals surface area contributed by atoms with E-state index in [1.807, 2.05) is 0 Å². The van der Waals surface area contributed by atoms with Crippen molar-refractivity contribution in [3.63, 3.8) is 0 Å². The number of carbonyl (C=O) groups excluding carboxylic acids is 2. The van der Waals surface area contributed by atoms with Gasteiger partial charge in [-0.25, -0.2) is 13.1 Å². The highest BCUT2D eigenvalue weighted by atomic mass is 32.2. The molecule has 0 fully saturated rings. The number of hydrogen-bond acceptors (Lipinski definition) is 5. The molecule has 8 nitrogen and oxygen atoms in total. The first-order chi connectivity index (χ1) is 13.2. The van der Waals surface area contributed by atoms with Crippen LogP contribution in [-0.4, -0.2) is 32.4 Å². The second-order valence-electron chi connectivity index (χ2n) is 6.64. The van der Waals surface area contributed by atoms with E-state index in [1.165, 1.54) is 24.3 Å². The summed E-state index contributed by atoms with van der Waals surface area (Å²) in [4.78, 5) is 24.5. The predicted molar refractivity (Wildman–Crippen MR) is 105 cm³/mol. The van der Waals surface area contributed by atoms with Crippen molar-refractivity contribution in [2.45, 2.75) is 37.3 Å². The Kier molecular flexibility index (Phi) is 5.66. The van der Waals surface area contributed by atoms with Crippen LogP contribution < -0.4 is 20.1 Å². The van der Waals surface area contributed by atoms with Crippen LogP contribution in [0.1, 0.15) is 20.3 Å². The normalized spacial score (nSPS) is 16.1. The van der Waals surface area contributed by atoms with Crippen LogP contribution in [0.3, 0.4) is 0 Å².